The van der Waals surface area contributed by atoms with Crippen molar-refractivity contribution in [3.63, 3.8) is 0 Å². The van der Waals surface area contributed by atoms with E-state index in [4.69, 9.17) is 25.4 Å². The quantitative estimate of drug-likeness (QED) is 0.517. The van der Waals surface area contributed by atoms with Gasteiger partial charge in [0, 0.05) is 45.0 Å². The molecule has 1 amide bonds. The molecule has 12 nitrogen and oxygen atoms in total. The predicted molar refractivity (Wildman–Crippen MR) is 132 cm³/mol. The van der Waals surface area contributed by atoms with Crippen molar-refractivity contribution in [3.8, 4) is 11.4 Å². The van der Waals surface area contributed by atoms with E-state index in [0.717, 1.165) is 68.4 Å². The number of carbonyl (C=O) groups is 1. The van der Waals surface area contributed by atoms with Crippen molar-refractivity contribution in [1.29, 1.82) is 0 Å². The Morgan fingerprint density at radius 2 is 1.83 bits per heavy atom. The van der Waals surface area contributed by atoms with Crippen molar-refractivity contribution < 1.29 is 9.53 Å². The number of aromatic nitrogens is 6. The van der Waals surface area contributed by atoms with Crippen molar-refractivity contribution in [1.82, 2.24) is 39.7 Å². The van der Waals surface area contributed by atoms with E-state index < -0.39 is 0 Å². The molecule has 2 saturated heterocycles. The number of aryl methyl sites for hydroxylation is 1. The second kappa shape index (κ2) is 10.1. The third kappa shape index (κ3) is 4.76. The highest BCUT2D eigenvalue weighted by atomic mass is 16.5. The average molecular weight is 481 g/mol. The first-order valence-electron chi connectivity index (χ1n) is 12.2. The number of hydrogen-bond acceptors (Lipinski definition) is 10. The van der Waals surface area contributed by atoms with Crippen LogP contribution in [0.4, 0.5) is 11.8 Å². The van der Waals surface area contributed by atoms with E-state index in [-0.39, 0.29) is 17.8 Å². The Kier molecular flexibility index (Phi) is 6.73. The molecule has 2 aliphatic rings. The lowest BCUT2D eigenvalue weighted by Crippen LogP contribution is -2.39. The molecule has 0 atom stereocenters. The number of hydrogen-bond donors (Lipinski definition) is 2. The lowest BCUT2D eigenvalue weighted by atomic mass is 9.96. The normalized spacial score (nSPS) is 17.7. The zero-order valence-corrected chi connectivity index (χ0v) is 20.3. The predicted octanol–water partition coefficient (Wildman–Crippen LogP) is 0.680. The maximum absolute atomic E-state index is 12.0. The third-order valence-corrected chi connectivity index (χ3v) is 6.78. The van der Waals surface area contributed by atoms with Crippen LogP contribution in [0.15, 0.2) is 12.4 Å². The standard InChI is InChI=1S/C23H32N10O2/c1-3-33-17(14-31-6-4-15(5-7-31)22(34)25-2)28-18-20(32-8-10-35-11-9-32)29-19(30-21(18)33)16-12-26-23(24)27-13-16/h12-13,15H,3-11,14H2,1-2H3,(H,25,34)(H2,24,26,27). The van der Waals surface area contributed by atoms with E-state index in [0.29, 0.717) is 31.1 Å². The number of nitrogens with one attached hydrogen (secondary N) is 1. The van der Waals surface area contributed by atoms with Gasteiger partial charge in [-0.15, -0.1) is 0 Å². The van der Waals surface area contributed by atoms with Gasteiger partial charge in [0.2, 0.25) is 11.9 Å². The molecule has 2 aliphatic heterocycles. The highest BCUT2D eigenvalue weighted by Crippen LogP contribution is 2.29. The fourth-order valence-corrected chi connectivity index (χ4v) is 4.82. The Bertz CT molecular complexity index is 1180. The Hall–Kier alpha value is -3.38. The minimum absolute atomic E-state index is 0.0877. The number of ether oxygens (including phenoxy) is 1. The molecule has 186 valence electrons. The van der Waals surface area contributed by atoms with E-state index in [1.165, 1.54) is 0 Å². The number of likely N-dealkylation sites (tertiary alicyclic amines) is 1. The monoisotopic (exact) mass is 480 g/mol. The summed E-state index contributed by atoms with van der Waals surface area (Å²) in [6.07, 6.45) is 5.01. The van der Waals surface area contributed by atoms with Gasteiger partial charge in [0.05, 0.1) is 25.3 Å². The van der Waals surface area contributed by atoms with Crippen LogP contribution in [-0.2, 0) is 22.6 Å². The highest BCUT2D eigenvalue weighted by molar-refractivity contribution is 5.86. The number of nitrogens with two attached hydrogens (primary N) is 1. The van der Waals surface area contributed by atoms with Crippen LogP contribution >= 0.6 is 0 Å². The van der Waals surface area contributed by atoms with Gasteiger partial charge >= 0.3 is 0 Å². The molecule has 2 fully saturated rings. The van der Waals surface area contributed by atoms with Gasteiger partial charge < -0.3 is 25.3 Å². The van der Waals surface area contributed by atoms with E-state index in [1.54, 1.807) is 19.4 Å². The lowest BCUT2D eigenvalue weighted by molar-refractivity contribution is -0.125. The Balaban J connectivity index is 1.51. The molecule has 3 aromatic rings. The van der Waals surface area contributed by atoms with Gasteiger partial charge in [0.25, 0.3) is 0 Å². The van der Waals surface area contributed by atoms with E-state index in [2.05, 4.69) is 36.6 Å². The van der Waals surface area contributed by atoms with Crippen LogP contribution in [0.3, 0.4) is 0 Å². The number of imidazole rings is 1. The Labute approximate surface area is 203 Å². The molecule has 0 unspecified atom stereocenters. The first-order valence-corrected chi connectivity index (χ1v) is 12.2. The second-order valence-corrected chi connectivity index (χ2v) is 8.91. The lowest BCUT2D eigenvalue weighted by Gasteiger charge is -2.30. The summed E-state index contributed by atoms with van der Waals surface area (Å²) in [6, 6.07) is 0. The minimum atomic E-state index is 0.0877. The summed E-state index contributed by atoms with van der Waals surface area (Å²) in [4.78, 5) is 39.7. The topological polar surface area (TPSA) is 140 Å². The maximum atomic E-state index is 12.0. The minimum Gasteiger partial charge on any atom is -0.378 e. The van der Waals surface area contributed by atoms with Gasteiger partial charge in [-0.05, 0) is 32.9 Å². The smallest absolute Gasteiger partial charge is 0.222 e. The molecule has 0 radical (unpaired) electrons. The van der Waals surface area contributed by atoms with Crippen molar-refractivity contribution in [2.24, 2.45) is 5.92 Å². The van der Waals surface area contributed by atoms with Crippen LogP contribution in [0.25, 0.3) is 22.6 Å². The molecule has 5 heterocycles. The molecule has 0 bridgehead atoms. The summed E-state index contributed by atoms with van der Waals surface area (Å²) in [7, 11) is 1.70. The molecule has 0 spiro atoms. The number of amides is 1. The van der Waals surface area contributed by atoms with Gasteiger partial charge in [0.1, 0.15) is 5.82 Å². The number of nitrogen functional groups attached to an aromatic ring is 1. The molecule has 35 heavy (non-hydrogen) atoms. The van der Waals surface area contributed by atoms with E-state index in [9.17, 15) is 4.79 Å². The van der Waals surface area contributed by atoms with Crippen LogP contribution in [0.5, 0.6) is 0 Å². The molecular weight excluding hydrogens is 448 g/mol. The Morgan fingerprint density at radius 1 is 1.11 bits per heavy atom. The number of piperidine rings is 1. The number of nitrogens with zero attached hydrogens (tertiary/aromatic N) is 8. The SMILES string of the molecule is CCn1c(CN2CCC(C(=O)NC)CC2)nc2c(N3CCOCC3)nc(-c3cnc(N)nc3)nc21. The number of fused-ring (bicyclic) bond motifs is 1. The van der Waals surface area contributed by atoms with Gasteiger partial charge in [-0.1, -0.05) is 0 Å². The summed E-state index contributed by atoms with van der Waals surface area (Å²) >= 11 is 0. The van der Waals surface area contributed by atoms with Crippen molar-refractivity contribution in [2.45, 2.75) is 32.9 Å². The molecule has 0 saturated carbocycles. The summed E-state index contributed by atoms with van der Waals surface area (Å²) < 4.78 is 7.73. The zero-order valence-electron chi connectivity index (χ0n) is 20.3. The highest BCUT2D eigenvalue weighted by Gasteiger charge is 2.27. The zero-order chi connectivity index (χ0) is 24.4. The number of carbonyl (C=O) groups excluding carboxylic acids is 1. The van der Waals surface area contributed by atoms with Crippen molar-refractivity contribution >= 4 is 28.8 Å². The fraction of sp³-hybridized carbons (Fsp3) is 0.565. The molecule has 3 aromatic heterocycles. The third-order valence-electron chi connectivity index (χ3n) is 6.78. The van der Waals surface area contributed by atoms with Gasteiger partial charge in [-0.2, -0.15) is 0 Å². The molecular formula is C23H32N10O2. The van der Waals surface area contributed by atoms with Crippen LogP contribution in [0.1, 0.15) is 25.6 Å². The second-order valence-electron chi connectivity index (χ2n) is 8.91. The average Bonchev–Trinajstić information content (AvgIpc) is 3.25. The van der Waals surface area contributed by atoms with Crippen LogP contribution < -0.4 is 16.0 Å². The number of rotatable bonds is 6. The summed E-state index contributed by atoms with van der Waals surface area (Å²) in [5.74, 6) is 2.74. The largest absolute Gasteiger partial charge is 0.378 e. The first-order chi connectivity index (χ1) is 17.1. The molecule has 12 heteroatoms. The first kappa shape index (κ1) is 23.4. The molecule has 0 aliphatic carbocycles. The van der Waals surface area contributed by atoms with Crippen molar-refractivity contribution in [3.05, 3.63) is 18.2 Å². The summed E-state index contributed by atoms with van der Waals surface area (Å²) in [6.45, 7) is 8.04. The summed E-state index contributed by atoms with van der Waals surface area (Å²) in [5.41, 5.74) is 7.99. The van der Waals surface area contributed by atoms with Crippen LogP contribution in [-0.4, -0.2) is 86.7 Å². The van der Waals surface area contributed by atoms with Gasteiger partial charge in [0.15, 0.2) is 22.8 Å². The number of anilines is 2. The Morgan fingerprint density at radius 3 is 2.49 bits per heavy atom. The van der Waals surface area contributed by atoms with Crippen LogP contribution in [0.2, 0.25) is 0 Å². The summed E-state index contributed by atoms with van der Waals surface area (Å²) in [5, 5.41) is 2.78. The van der Waals surface area contributed by atoms with Gasteiger partial charge in [-0.25, -0.2) is 24.9 Å². The van der Waals surface area contributed by atoms with Crippen LogP contribution in [0, 0.1) is 5.92 Å². The molecule has 5 rings (SSSR count). The molecule has 0 aromatic carbocycles. The maximum Gasteiger partial charge on any atom is 0.222 e. The van der Waals surface area contributed by atoms with E-state index in [1.807, 2.05) is 0 Å². The fourth-order valence-electron chi connectivity index (χ4n) is 4.82. The van der Waals surface area contributed by atoms with Crippen molar-refractivity contribution in [2.75, 3.05) is 57.1 Å². The molecule has 3 N–H and O–H groups in total. The van der Waals surface area contributed by atoms with E-state index >= 15 is 0 Å². The van der Waals surface area contributed by atoms with Gasteiger partial charge in [-0.3, -0.25) is 9.69 Å². The number of morpholine rings is 1.